The number of hydrogen-bond donors (Lipinski definition) is 2. The number of hydrogen-bond acceptors (Lipinski definition) is 4. The van der Waals surface area contributed by atoms with Crippen molar-refractivity contribution in [1.82, 2.24) is 4.72 Å². The van der Waals surface area contributed by atoms with Gasteiger partial charge in [0.05, 0.1) is 12.1 Å². The second-order valence-corrected chi connectivity index (χ2v) is 7.39. The SMILES string of the molecule is COc1ccc(Cl)c(S(=O)(=O)NC(CN)C2CCCC2)c1. The van der Waals surface area contributed by atoms with Crippen LogP contribution in [-0.2, 0) is 10.0 Å². The summed E-state index contributed by atoms with van der Waals surface area (Å²) in [5, 5.41) is 0.172. The fourth-order valence-corrected chi connectivity index (χ4v) is 4.61. The molecule has 7 heteroatoms. The highest BCUT2D eigenvalue weighted by atomic mass is 35.5. The first-order valence-electron chi connectivity index (χ1n) is 7.04. The number of sulfonamides is 1. The second-order valence-electron chi connectivity index (χ2n) is 5.30. The molecule has 1 fully saturated rings. The van der Waals surface area contributed by atoms with Crippen molar-refractivity contribution in [2.24, 2.45) is 11.7 Å². The summed E-state index contributed by atoms with van der Waals surface area (Å²) in [5.41, 5.74) is 5.75. The number of nitrogens with two attached hydrogens (primary N) is 1. The third kappa shape index (κ3) is 3.88. The largest absolute Gasteiger partial charge is 0.497 e. The average molecular weight is 333 g/mol. The van der Waals surface area contributed by atoms with Gasteiger partial charge in [-0.2, -0.15) is 0 Å². The Hall–Kier alpha value is -0.820. The predicted molar refractivity (Wildman–Crippen MR) is 83.1 cm³/mol. The molecule has 0 bridgehead atoms. The maximum Gasteiger partial charge on any atom is 0.242 e. The topological polar surface area (TPSA) is 81.4 Å². The molecule has 0 heterocycles. The summed E-state index contributed by atoms with van der Waals surface area (Å²) in [6, 6.07) is 4.31. The van der Waals surface area contributed by atoms with Crippen molar-refractivity contribution < 1.29 is 13.2 Å². The molecule has 0 aromatic heterocycles. The molecule has 1 aliphatic carbocycles. The highest BCUT2D eigenvalue weighted by molar-refractivity contribution is 7.89. The molecule has 1 aromatic carbocycles. The summed E-state index contributed by atoms with van der Waals surface area (Å²) in [6.07, 6.45) is 4.28. The first-order chi connectivity index (χ1) is 9.97. The van der Waals surface area contributed by atoms with Crippen LogP contribution >= 0.6 is 11.6 Å². The number of ether oxygens (including phenoxy) is 1. The van der Waals surface area contributed by atoms with Crippen LogP contribution in [0.5, 0.6) is 5.75 Å². The van der Waals surface area contributed by atoms with Crippen LogP contribution in [0.3, 0.4) is 0 Å². The number of methoxy groups -OCH3 is 1. The molecule has 1 atom stereocenters. The predicted octanol–water partition coefficient (Wildman–Crippen LogP) is 2.14. The molecule has 0 radical (unpaired) electrons. The zero-order valence-electron chi connectivity index (χ0n) is 12.0. The smallest absolute Gasteiger partial charge is 0.242 e. The molecule has 0 saturated heterocycles. The standard InChI is InChI=1S/C14H21ClN2O3S/c1-20-11-6-7-12(15)14(8-11)21(18,19)17-13(9-16)10-4-2-3-5-10/h6-8,10,13,17H,2-5,9,16H2,1H3. The Labute approximate surface area is 130 Å². The van der Waals surface area contributed by atoms with Crippen molar-refractivity contribution in [2.45, 2.75) is 36.6 Å². The third-order valence-corrected chi connectivity index (χ3v) is 5.93. The summed E-state index contributed by atoms with van der Waals surface area (Å²) in [7, 11) is -2.23. The van der Waals surface area contributed by atoms with Crippen LogP contribution in [0.1, 0.15) is 25.7 Å². The average Bonchev–Trinajstić information content (AvgIpc) is 2.99. The maximum absolute atomic E-state index is 12.5. The molecule has 118 valence electrons. The van der Waals surface area contributed by atoms with Crippen molar-refractivity contribution in [3.63, 3.8) is 0 Å². The van der Waals surface area contributed by atoms with Crippen molar-refractivity contribution in [1.29, 1.82) is 0 Å². The molecule has 1 saturated carbocycles. The van der Waals surface area contributed by atoms with E-state index in [2.05, 4.69) is 4.72 Å². The van der Waals surface area contributed by atoms with Crippen molar-refractivity contribution in [3.05, 3.63) is 23.2 Å². The van der Waals surface area contributed by atoms with E-state index in [0.717, 1.165) is 25.7 Å². The Morgan fingerprint density at radius 1 is 1.43 bits per heavy atom. The van der Waals surface area contributed by atoms with Crippen molar-refractivity contribution in [2.75, 3.05) is 13.7 Å². The molecule has 3 N–H and O–H groups in total. The minimum Gasteiger partial charge on any atom is -0.497 e. The van der Waals surface area contributed by atoms with E-state index in [9.17, 15) is 8.42 Å². The Bertz CT molecular complexity index is 586. The summed E-state index contributed by atoms with van der Waals surface area (Å²) >= 11 is 6.02. The van der Waals surface area contributed by atoms with Gasteiger partial charge in [-0.1, -0.05) is 24.4 Å². The van der Waals surface area contributed by atoms with Gasteiger partial charge in [0, 0.05) is 18.7 Å². The second kappa shape index (κ2) is 6.96. The Morgan fingerprint density at radius 3 is 2.67 bits per heavy atom. The van der Waals surface area contributed by atoms with Gasteiger partial charge in [0.25, 0.3) is 0 Å². The first kappa shape index (κ1) is 16.5. The highest BCUT2D eigenvalue weighted by Gasteiger charge is 2.29. The molecule has 21 heavy (non-hydrogen) atoms. The Morgan fingerprint density at radius 2 is 2.10 bits per heavy atom. The van der Waals surface area contributed by atoms with E-state index < -0.39 is 10.0 Å². The van der Waals surface area contributed by atoms with Crippen molar-refractivity contribution in [3.8, 4) is 5.75 Å². The van der Waals surface area contributed by atoms with E-state index in [1.807, 2.05) is 0 Å². The van der Waals surface area contributed by atoms with Gasteiger partial charge < -0.3 is 10.5 Å². The zero-order valence-corrected chi connectivity index (χ0v) is 13.6. The molecule has 1 aliphatic rings. The molecule has 0 aliphatic heterocycles. The molecule has 2 rings (SSSR count). The normalized spacial score (nSPS) is 17.9. The van der Waals surface area contributed by atoms with Crippen LogP contribution in [0.15, 0.2) is 23.1 Å². The van der Waals surface area contributed by atoms with Crippen LogP contribution < -0.4 is 15.2 Å². The van der Waals surface area contributed by atoms with Gasteiger partial charge in [-0.3, -0.25) is 0 Å². The highest BCUT2D eigenvalue weighted by Crippen LogP contribution is 2.30. The van der Waals surface area contributed by atoms with Crippen LogP contribution in [0, 0.1) is 5.92 Å². The molecule has 5 nitrogen and oxygen atoms in total. The van der Waals surface area contributed by atoms with Gasteiger partial charge >= 0.3 is 0 Å². The van der Waals surface area contributed by atoms with Gasteiger partial charge in [-0.25, -0.2) is 13.1 Å². The molecule has 0 amide bonds. The fraction of sp³-hybridized carbons (Fsp3) is 0.571. The van der Waals surface area contributed by atoms with E-state index in [-0.39, 0.29) is 22.5 Å². The van der Waals surface area contributed by atoms with Gasteiger partial charge in [-0.05, 0) is 30.9 Å². The lowest BCUT2D eigenvalue weighted by Gasteiger charge is -2.23. The lowest BCUT2D eigenvalue weighted by atomic mass is 9.99. The minimum absolute atomic E-state index is 0.0277. The number of benzene rings is 1. The van der Waals surface area contributed by atoms with Gasteiger partial charge in [-0.15, -0.1) is 0 Å². The molecule has 1 unspecified atom stereocenters. The summed E-state index contributed by atoms with van der Waals surface area (Å²) in [5.74, 6) is 0.749. The monoisotopic (exact) mass is 332 g/mol. The number of rotatable bonds is 6. The quantitative estimate of drug-likeness (QED) is 0.836. The van der Waals surface area contributed by atoms with E-state index >= 15 is 0 Å². The molecule has 0 spiro atoms. The molecule has 1 aromatic rings. The van der Waals surface area contributed by atoms with Crippen molar-refractivity contribution >= 4 is 21.6 Å². The van der Waals surface area contributed by atoms with Gasteiger partial charge in [0.1, 0.15) is 10.6 Å². The summed E-state index contributed by atoms with van der Waals surface area (Å²) in [6.45, 7) is 0.283. The van der Waals surface area contributed by atoms with Gasteiger partial charge in [0.2, 0.25) is 10.0 Å². The van der Waals surface area contributed by atoms with Crippen LogP contribution in [-0.4, -0.2) is 28.1 Å². The van der Waals surface area contributed by atoms with E-state index in [4.69, 9.17) is 22.1 Å². The Balaban J connectivity index is 2.24. The Kier molecular flexibility index (Phi) is 5.48. The maximum atomic E-state index is 12.5. The minimum atomic E-state index is -3.71. The summed E-state index contributed by atoms with van der Waals surface area (Å²) < 4.78 is 32.8. The van der Waals surface area contributed by atoms with E-state index in [1.165, 1.54) is 19.2 Å². The van der Waals surface area contributed by atoms with Crippen LogP contribution in [0.4, 0.5) is 0 Å². The fourth-order valence-electron chi connectivity index (χ4n) is 2.78. The van der Waals surface area contributed by atoms with Crippen LogP contribution in [0.25, 0.3) is 0 Å². The number of halogens is 1. The number of nitrogens with one attached hydrogen (secondary N) is 1. The van der Waals surface area contributed by atoms with Crippen LogP contribution in [0.2, 0.25) is 5.02 Å². The van der Waals surface area contributed by atoms with E-state index in [1.54, 1.807) is 6.07 Å². The van der Waals surface area contributed by atoms with E-state index in [0.29, 0.717) is 11.7 Å². The lowest BCUT2D eigenvalue weighted by Crippen LogP contribution is -2.44. The first-order valence-corrected chi connectivity index (χ1v) is 8.90. The zero-order chi connectivity index (χ0) is 15.5. The molecular weight excluding hydrogens is 312 g/mol. The summed E-state index contributed by atoms with van der Waals surface area (Å²) in [4.78, 5) is 0.0277. The lowest BCUT2D eigenvalue weighted by molar-refractivity contribution is 0.404. The molecular formula is C14H21ClN2O3S. The third-order valence-electron chi connectivity index (χ3n) is 3.96. The van der Waals surface area contributed by atoms with Gasteiger partial charge in [0.15, 0.2) is 0 Å².